The Morgan fingerprint density at radius 2 is 1.80 bits per heavy atom. The smallest absolute Gasteiger partial charge is 0.214 e. The molecule has 1 heterocycles. The molecule has 5 nitrogen and oxygen atoms in total. The second-order valence-corrected chi connectivity index (χ2v) is 7.89. The van der Waals surface area contributed by atoms with Crippen LogP contribution in [0.4, 0.5) is 0 Å². The first-order chi connectivity index (χ1) is 12.2. The predicted octanol–water partition coefficient (Wildman–Crippen LogP) is 4.86. The molecule has 9 heteroatoms. The third-order valence-corrected chi connectivity index (χ3v) is 6.14. The summed E-state index contributed by atoms with van der Waals surface area (Å²) < 4.78 is 6.88. The third kappa shape index (κ3) is 4.82. The summed E-state index contributed by atoms with van der Waals surface area (Å²) in [7, 11) is 1.64. The van der Waals surface area contributed by atoms with Crippen LogP contribution in [0.15, 0.2) is 52.5 Å². The van der Waals surface area contributed by atoms with Crippen molar-refractivity contribution in [2.45, 2.75) is 10.1 Å². The van der Waals surface area contributed by atoms with Gasteiger partial charge in [0.1, 0.15) is 5.75 Å². The standard InChI is InChI=1S/C16H14Cl2N4OS2/c1-23-13-5-3-12(4-6-13)22-16(19-20-21-22)25-9-8-24-15-10-11(17)2-7-14(15)18/h2-7,10H,8-9H2,1H3. The Kier molecular flexibility index (Phi) is 6.47. The third-order valence-electron chi connectivity index (χ3n) is 3.22. The topological polar surface area (TPSA) is 52.8 Å². The number of benzene rings is 2. The van der Waals surface area contributed by atoms with E-state index in [4.69, 9.17) is 27.9 Å². The van der Waals surface area contributed by atoms with E-state index in [0.717, 1.165) is 33.0 Å². The van der Waals surface area contributed by atoms with E-state index in [-0.39, 0.29) is 0 Å². The highest BCUT2D eigenvalue weighted by Crippen LogP contribution is 2.31. The van der Waals surface area contributed by atoms with Gasteiger partial charge in [0.25, 0.3) is 0 Å². The summed E-state index contributed by atoms with van der Waals surface area (Å²) in [5, 5.41) is 14.0. The lowest BCUT2D eigenvalue weighted by Gasteiger charge is -2.06. The number of halogens is 2. The summed E-state index contributed by atoms with van der Waals surface area (Å²) >= 11 is 15.4. The van der Waals surface area contributed by atoms with Gasteiger partial charge in [-0.25, -0.2) is 0 Å². The minimum atomic E-state index is 0.683. The molecule has 130 valence electrons. The van der Waals surface area contributed by atoms with E-state index < -0.39 is 0 Å². The molecule has 0 spiro atoms. The van der Waals surface area contributed by atoms with Gasteiger partial charge in [-0.05, 0) is 52.9 Å². The molecule has 3 aromatic rings. The number of thioether (sulfide) groups is 2. The van der Waals surface area contributed by atoms with Crippen molar-refractivity contribution in [1.82, 2.24) is 20.2 Å². The van der Waals surface area contributed by atoms with Crippen LogP contribution in [0.25, 0.3) is 5.69 Å². The Bertz CT molecular complexity index is 842. The largest absolute Gasteiger partial charge is 0.497 e. The molecular weight excluding hydrogens is 399 g/mol. The van der Waals surface area contributed by atoms with Crippen LogP contribution in [0, 0.1) is 0 Å². The summed E-state index contributed by atoms with van der Waals surface area (Å²) in [4.78, 5) is 0.976. The first-order valence-corrected chi connectivity index (χ1v) is 10.0. The van der Waals surface area contributed by atoms with Crippen molar-refractivity contribution in [1.29, 1.82) is 0 Å². The second kappa shape index (κ2) is 8.80. The molecule has 0 aliphatic carbocycles. The Morgan fingerprint density at radius 1 is 1.04 bits per heavy atom. The predicted molar refractivity (Wildman–Crippen MR) is 104 cm³/mol. The fourth-order valence-corrected chi connectivity index (χ4v) is 4.39. The zero-order valence-electron chi connectivity index (χ0n) is 13.2. The normalized spacial score (nSPS) is 10.8. The lowest BCUT2D eigenvalue weighted by molar-refractivity contribution is 0.414. The van der Waals surface area contributed by atoms with Gasteiger partial charge in [-0.3, -0.25) is 0 Å². The highest BCUT2D eigenvalue weighted by molar-refractivity contribution is 8.02. The summed E-state index contributed by atoms with van der Waals surface area (Å²) in [5.41, 5.74) is 0.888. The number of aromatic nitrogens is 4. The van der Waals surface area contributed by atoms with Crippen LogP contribution < -0.4 is 4.74 Å². The average Bonchev–Trinajstić information content (AvgIpc) is 3.10. The van der Waals surface area contributed by atoms with Crippen molar-refractivity contribution in [2.24, 2.45) is 0 Å². The number of hydrogen-bond donors (Lipinski definition) is 0. The van der Waals surface area contributed by atoms with Crippen molar-refractivity contribution >= 4 is 46.7 Å². The Balaban J connectivity index is 1.59. The molecule has 0 unspecified atom stereocenters. The maximum atomic E-state index is 6.17. The van der Waals surface area contributed by atoms with Gasteiger partial charge in [-0.15, -0.1) is 16.9 Å². The molecule has 3 rings (SSSR count). The molecule has 0 radical (unpaired) electrons. The van der Waals surface area contributed by atoms with Crippen molar-refractivity contribution in [3.8, 4) is 11.4 Å². The molecule has 0 bridgehead atoms. The second-order valence-electron chi connectivity index (χ2n) is 4.84. The van der Waals surface area contributed by atoms with E-state index in [2.05, 4.69) is 15.5 Å². The van der Waals surface area contributed by atoms with E-state index in [9.17, 15) is 0 Å². The monoisotopic (exact) mass is 412 g/mol. The van der Waals surface area contributed by atoms with E-state index >= 15 is 0 Å². The van der Waals surface area contributed by atoms with Crippen molar-refractivity contribution in [3.63, 3.8) is 0 Å². The van der Waals surface area contributed by atoms with E-state index in [0.29, 0.717) is 10.0 Å². The van der Waals surface area contributed by atoms with E-state index in [1.54, 1.807) is 41.4 Å². The number of rotatable bonds is 7. The molecular formula is C16H14Cl2N4OS2. The van der Waals surface area contributed by atoms with Gasteiger partial charge in [-0.2, -0.15) is 4.68 Å². The molecule has 0 atom stereocenters. The van der Waals surface area contributed by atoms with Gasteiger partial charge >= 0.3 is 0 Å². The minimum absolute atomic E-state index is 0.683. The zero-order valence-corrected chi connectivity index (χ0v) is 16.4. The molecule has 0 N–H and O–H groups in total. The van der Waals surface area contributed by atoms with Crippen LogP contribution in [0.1, 0.15) is 0 Å². The van der Waals surface area contributed by atoms with Gasteiger partial charge < -0.3 is 4.74 Å². The number of methoxy groups -OCH3 is 1. The summed E-state index contributed by atoms with van der Waals surface area (Å²) in [6.45, 7) is 0. The number of nitrogens with zero attached hydrogens (tertiary/aromatic N) is 4. The molecule has 0 fully saturated rings. The van der Waals surface area contributed by atoms with Crippen molar-refractivity contribution in [3.05, 3.63) is 52.5 Å². The van der Waals surface area contributed by atoms with Gasteiger partial charge in [0.05, 0.1) is 17.8 Å². The summed E-state index contributed by atoms with van der Waals surface area (Å²) in [6, 6.07) is 13.1. The first-order valence-electron chi connectivity index (χ1n) is 7.31. The van der Waals surface area contributed by atoms with Crippen LogP contribution >= 0.6 is 46.7 Å². The molecule has 0 amide bonds. The average molecular weight is 413 g/mol. The SMILES string of the molecule is COc1ccc(-n2nnnc2SCCSc2cc(Cl)ccc2Cl)cc1. The molecule has 2 aromatic carbocycles. The van der Waals surface area contributed by atoms with Crippen LogP contribution in [-0.2, 0) is 0 Å². The van der Waals surface area contributed by atoms with Crippen molar-refractivity contribution in [2.75, 3.05) is 18.6 Å². The first kappa shape index (κ1) is 18.4. The van der Waals surface area contributed by atoms with Crippen LogP contribution in [0.3, 0.4) is 0 Å². The zero-order chi connectivity index (χ0) is 17.6. The summed E-state index contributed by atoms with van der Waals surface area (Å²) in [5.74, 6) is 2.49. The minimum Gasteiger partial charge on any atom is -0.497 e. The quantitative estimate of drug-likeness (QED) is 0.407. The highest BCUT2D eigenvalue weighted by Gasteiger charge is 2.09. The van der Waals surface area contributed by atoms with Gasteiger partial charge in [-0.1, -0.05) is 35.0 Å². The Hall–Kier alpha value is -1.41. The molecule has 0 aliphatic heterocycles. The van der Waals surface area contributed by atoms with Crippen molar-refractivity contribution < 1.29 is 4.74 Å². The lowest BCUT2D eigenvalue weighted by Crippen LogP contribution is -1.99. The molecule has 0 saturated heterocycles. The molecule has 0 aliphatic rings. The lowest BCUT2D eigenvalue weighted by atomic mass is 10.3. The van der Waals surface area contributed by atoms with Gasteiger partial charge in [0, 0.05) is 21.4 Å². The molecule has 25 heavy (non-hydrogen) atoms. The number of ether oxygens (including phenoxy) is 1. The van der Waals surface area contributed by atoms with Gasteiger partial charge in [0.15, 0.2) is 0 Å². The maximum absolute atomic E-state index is 6.17. The highest BCUT2D eigenvalue weighted by atomic mass is 35.5. The Morgan fingerprint density at radius 3 is 2.56 bits per heavy atom. The van der Waals surface area contributed by atoms with E-state index in [1.807, 2.05) is 36.4 Å². The maximum Gasteiger partial charge on any atom is 0.214 e. The van der Waals surface area contributed by atoms with Crippen LogP contribution in [0.5, 0.6) is 5.75 Å². The summed E-state index contributed by atoms with van der Waals surface area (Å²) in [6.07, 6.45) is 0. The molecule has 1 aromatic heterocycles. The number of tetrazole rings is 1. The molecule has 0 saturated carbocycles. The fraction of sp³-hybridized carbons (Fsp3) is 0.188. The van der Waals surface area contributed by atoms with Crippen LogP contribution in [0.2, 0.25) is 10.0 Å². The van der Waals surface area contributed by atoms with E-state index in [1.165, 1.54) is 0 Å². The van der Waals surface area contributed by atoms with Crippen LogP contribution in [-0.4, -0.2) is 38.8 Å². The Labute approximate surface area is 164 Å². The van der Waals surface area contributed by atoms with Gasteiger partial charge in [0.2, 0.25) is 5.16 Å². The number of hydrogen-bond acceptors (Lipinski definition) is 6. The fourth-order valence-electron chi connectivity index (χ4n) is 2.03.